The molecule has 1 aromatic rings. The minimum Gasteiger partial charge on any atom is -0.360 e. The number of aromatic amines is 1. The van der Waals surface area contributed by atoms with E-state index >= 15 is 0 Å². The molecule has 2 aliphatic rings. The number of nitrogens with two attached hydrogens (primary N) is 1. The van der Waals surface area contributed by atoms with Crippen molar-refractivity contribution < 1.29 is 8.78 Å². The number of H-pyrrole nitrogens is 1. The summed E-state index contributed by atoms with van der Waals surface area (Å²) in [6.07, 6.45) is 4.03. The topological polar surface area (TPSA) is 41.8 Å². The van der Waals surface area contributed by atoms with Crippen molar-refractivity contribution in [3.05, 3.63) is 23.0 Å². The first kappa shape index (κ1) is 9.33. The van der Waals surface area contributed by atoms with Gasteiger partial charge in [0.15, 0.2) is 0 Å². The molecule has 3 N–H and O–H groups in total. The summed E-state index contributed by atoms with van der Waals surface area (Å²) in [6.45, 7) is 0. The van der Waals surface area contributed by atoms with Gasteiger partial charge in [-0.2, -0.15) is 0 Å². The van der Waals surface area contributed by atoms with Gasteiger partial charge in [0, 0.05) is 17.8 Å². The highest BCUT2D eigenvalue weighted by molar-refractivity contribution is 5.38. The van der Waals surface area contributed by atoms with Crippen LogP contribution in [0.1, 0.15) is 36.2 Å². The van der Waals surface area contributed by atoms with Crippen LogP contribution in [0.4, 0.5) is 8.78 Å². The molecular formula is C11H14F2N2. The fraction of sp³-hybridized carbons (Fsp3) is 0.636. The van der Waals surface area contributed by atoms with Gasteiger partial charge in [-0.25, -0.2) is 8.78 Å². The Morgan fingerprint density at radius 1 is 1.27 bits per heavy atom. The molecule has 1 atom stereocenters. The second-order valence-corrected chi connectivity index (χ2v) is 4.75. The van der Waals surface area contributed by atoms with E-state index in [2.05, 4.69) is 4.98 Å². The monoisotopic (exact) mass is 212 g/mol. The van der Waals surface area contributed by atoms with Gasteiger partial charge < -0.3 is 10.7 Å². The Kier molecular flexibility index (Phi) is 1.63. The Hall–Kier alpha value is -0.900. The van der Waals surface area contributed by atoms with Gasteiger partial charge in [-0.05, 0) is 37.3 Å². The van der Waals surface area contributed by atoms with Crippen LogP contribution in [0.3, 0.4) is 0 Å². The first-order chi connectivity index (χ1) is 7.03. The predicted molar refractivity (Wildman–Crippen MR) is 52.9 cm³/mol. The maximum Gasteiger partial charge on any atom is 0.273 e. The zero-order chi connectivity index (χ0) is 10.7. The van der Waals surface area contributed by atoms with Crippen LogP contribution in [0.5, 0.6) is 0 Å². The second kappa shape index (κ2) is 2.61. The van der Waals surface area contributed by atoms with E-state index in [9.17, 15) is 8.78 Å². The Morgan fingerprint density at radius 2 is 1.93 bits per heavy atom. The summed E-state index contributed by atoms with van der Waals surface area (Å²) in [6, 6.07) is 1.84. The van der Waals surface area contributed by atoms with Crippen molar-refractivity contribution in [3.63, 3.8) is 0 Å². The molecule has 1 heterocycles. The van der Waals surface area contributed by atoms with E-state index in [1.807, 2.05) is 6.07 Å². The Morgan fingerprint density at radius 3 is 2.53 bits per heavy atom. The number of aromatic nitrogens is 1. The zero-order valence-corrected chi connectivity index (χ0v) is 8.45. The van der Waals surface area contributed by atoms with Gasteiger partial charge in [0.25, 0.3) is 5.92 Å². The van der Waals surface area contributed by atoms with Crippen LogP contribution in [0.25, 0.3) is 0 Å². The first-order valence-electron chi connectivity index (χ1n) is 5.41. The summed E-state index contributed by atoms with van der Waals surface area (Å²) in [4.78, 5) is 3.09. The molecule has 0 saturated heterocycles. The van der Waals surface area contributed by atoms with Crippen molar-refractivity contribution in [3.8, 4) is 0 Å². The lowest BCUT2D eigenvalue weighted by molar-refractivity contribution is 0.0882. The zero-order valence-electron chi connectivity index (χ0n) is 8.45. The number of fused-ring (bicyclic) bond motifs is 1. The predicted octanol–water partition coefficient (Wildman–Crippen LogP) is 2.09. The highest BCUT2D eigenvalue weighted by Gasteiger charge is 2.70. The fourth-order valence-corrected chi connectivity index (χ4v) is 2.44. The van der Waals surface area contributed by atoms with E-state index in [0.717, 1.165) is 31.4 Å². The number of aryl methyl sites for hydroxylation is 2. The lowest BCUT2D eigenvalue weighted by Gasteiger charge is -2.09. The molecule has 1 fully saturated rings. The van der Waals surface area contributed by atoms with E-state index in [1.54, 1.807) is 0 Å². The molecule has 0 spiro atoms. The van der Waals surface area contributed by atoms with Crippen molar-refractivity contribution in [1.29, 1.82) is 0 Å². The largest absolute Gasteiger partial charge is 0.360 e. The van der Waals surface area contributed by atoms with Gasteiger partial charge in [0.1, 0.15) is 5.54 Å². The third-order valence-electron chi connectivity index (χ3n) is 3.62. The van der Waals surface area contributed by atoms with E-state index in [0.29, 0.717) is 5.69 Å². The van der Waals surface area contributed by atoms with Gasteiger partial charge in [0.05, 0.1) is 0 Å². The van der Waals surface area contributed by atoms with Gasteiger partial charge in [-0.3, -0.25) is 0 Å². The maximum absolute atomic E-state index is 13.1. The number of rotatable bonds is 1. The molecular weight excluding hydrogens is 198 g/mol. The summed E-state index contributed by atoms with van der Waals surface area (Å²) in [5.41, 5.74) is 7.09. The van der Waals surface area contributed by atoms with Crippen molar-refractivity contribution in [2.75, 3.05) is 0 Å². The molecule has 0 amide bonds. The summed E-state index contributed by atoms with van der Waals surface area (Å²) in [5, 5.41) is 0. The third-order valence-corrected chi connectivity index (χ3v) is 3.62. The normalized spacial score (nSPS) is 32.5. The third kappa shape index (κ3) is 1.17. The molecule has 1 aromatic heterocycles. The molecule has 1 unspecified atom stereocenters. The summed E-state index contributed by atoms with van der Waals surface area (Å²) < 4.78 is 26.2. The molecule has 15 heavy (non-hydrogen) atoms. The van der Waals surface area contributed by atoms with Crippen molar-refractivity contribution in [2.24, 2.45) is 5.73 Å². The van der Waals surface area contributed by atoms with Crippen LogP contribution in [0.2, 0.25) is 0 Å². The molecule has 2 nitrogen and oxygen atoms in total. The van der Waals surface area contributed by atoms with E-state index in [-0.39, 0.29) is 6.42 Å². The summed E-state index contributed by atoms with van der Waals surface area (Å²) in [7, 11) is 0. The lowest BCUT2D eigenvalue weighted by atomic mass is 9.98. The van der Waals surface area contributed by atoms with Crippen LogP contribution < -0.4 is 5.73 Å². The standard InChI is InChI=1S/C11H14F2N2/c12-11(13)6-10(11,14)9-5-7-3-1-2-4-8(7)15-9/h5,15H,1-4,6,14H2. The molecule has 0 aromatic carbocycles. The molecule has 82 valence electrons. The quantitative estimate of drug-likeness (QED) is 0.735. The smallest absolute Gasteiger partial charge is 0.273 e. The van der Waals surface area contributed by atoms with Crippen molar-refractivity contribution >= 4 is 0 Å². The van der Waals surface area contributed by atoms with Gasteiger partial charge >= 0.3 is 0 Å². The highest BCUT2D eigenvalue weighted by Crippen LogP contribution is 2.57. The van der Waals surface area contributed by atoms with Crippen molar-refractivity contribution in [2.45, 2.75) is 43.6 Å². The molecule has 0 aliphatic heterocycles. The van der Waals surface area contributed by atoms with Crippen LogP contribution in [-0.2, 0) is 18.4 Å². The average Bonchev–Trinajstić information content (AvgIpc) is 2.61. The van der Waals surface area contributed by atoms with Crippen LogP contribution in [0, 0.1) is 0 Å². The number of halogens is 2. The maximum atomic E-state index is 13.1. The second-order valence-electron chi connectivity index (χ2n) is 4.75. The van der Waals surface area contributed by atoms with Crippen LogP contribution >= 0.6 is 0 Å². The number of alkyl halides is 2. The minimum absolute atomic E-state index is 0.223. The number of nitrogens with one attached hydrogen (secondary N) is 1. The Balaban J connectivity index is 1.97. The van der Waals surface area contributed by atoms with Crippen LogP contribution in [-0.4, -0.2) is 10.9 Å². The SMILES string of the molecule is NC1(c2cc3c([nH]2)CCCC3)CC1(F)F. The summed E-state index contributed by atoms with van der Waals surface area (Å²) in [5.74, 6) is -2.72. The number of hydrogen-bond acceptors (Lipinski definition) is 1. The molecule has 4 heteroatoms. The average molecular weight is 212 g/mol. The molecule has 0 radical (unpaired) electrons. The Bertz CT molecular complexity index is 387. The highest BCUT2D eigenvalue weighted by atomic mass is 19.3. The van der Waals surface area contributed by atoms with E-state index in [1.165, 1.54) is 5.56 Å². The molecule has 1 saturated carbocycles. The van der Waals surface area contributed by atoms with E-state index in [4.69, 9.17) is 5.73 Å². The summed E-state index contributed by atoms with van der Waals surface area (Å²) >= 11 is 0. The van der Waals surface area contributed by atoms with Gasteiger partial charge in [0.2, 0.25) is 0 Å². The molecule has 2 aliphatic carbocycles. The number of hydrogen-bond donors (Lipinski definition) is 2. The van der Waals surface area contributed by atoms with Gasteiger partial charge in [-0.15, -0.1) is 0 Å². The molecule has 0 bridgehead atoms. The molecule has 3 rings (SSSR count). The van der Waals surface area contributed by atoms with Crippen molar-refractivity contribution in [1.82, 2.24) is 4.98 Å². The minimum atomic E-state index is -2.72. The Labute approximate surface area is 86.9 Å². The van der Waals surface area contributed by atoms with Crippen LogP contribution in [0.15, 0.2) is 6.07 Å². The first-order valence-corrected chi connectivity index (χ1v) is 5.41. The van der Waals surface area contributed by atoms with E-state index < -0.39 is 11.5 Å². The lowest BCUT2D eigenvalue weighted by Crippen LogP contribution is -2.27. The fourth-order valence-electron chi connectivity index (χ4n) is 2.44. The van der Waals surface area contributed by atoms with Gasteiger partial charge in [-0.1, -0.05) is 0 Å².